The molecule has 0 radical (unpaired) electrons. The third-order valence-corrected chi connectivity index (χ3v) is 4.71. The summed E-state index contributed by atoms with van der Waals surface area (Å²) in [4.78, 5) is 15.5. The third-order valence-electron chi connectivity index (χ3n) is 3.97. The number of H-pyrrole nitrogens is 1. The summed E-state index contributed by atoms with van der Waals surface area (Å²) in [6.07, 6.45) is 4.10. The van der Waals surface area contributed by atoms with Crippen LogP contribution in [0.1, 0.15) is 11.1 Å². The van der Waals surface area contributed by atoms with Crippen molar-refractivity contribution in [3.05, 3.63) is 75.4 Å². The predicted molar refractivity (Wildman–Crippen MR) is 105 cm³/mol. The quantitative estimate of drug-likeness (QED) is 0.493. The van der Waals surface area contributed by atoms with Gasteiger partial charge in [0.2, 0.25) is 0 Å². The molecule has 1 amide bonds. The van der Waals surface area contributed by atoms with Gasteiger partial charge in [-0.05, 0) is 41.8 Å². The van der Waals surface area contributed by atoms with E-state index in [4.69, 9.17) is 23.2 Å². The van der Waals surface area contributed by atoms with Crippen molar-refractivity contribution >= 4 is 46.1 Å². The van der Waals surface area contributed by atoms with Gasteiger partial charge in [-0.25, -0.2) is 0 Å². The number of carbonyl (C=O) groups excluding carboxylic acids is 1. The van der Waals surface area contributed by atoms with Gasteiger partial charge in [0.15, 0.2) is 0 Å². The number of aromatic nitrogens is 1. The van der Waals surface area contributed by atoms with Crippen molar-refractivity contribution < 1.29 is 4.79 Å². The molecule has 3 rings (SSSR count). The third kappa shape index (κ3) is 4.08. The monoisotopic (exact) mass is 383 g/mol. The largest absolute Gasteiger partial charge is 0.361 e. The molecule has 0 aliphatic heterocycles. The fourth-order valence-electron chi connectivity index (χ4n) is 2.66. The minimum Gasteiger partial charge on any atom is -0.361 e. The smallest absolute Gasteiger partial charge is 0.261 e. The summed E-state index contributed by atoms with van der Waals surface area (Å²) in [5, 5.41) is 14.0. The van der Waals surface area contributed by atoms with Crippen LogP contribution in [0.25, 0.3) is 17.0 Å². The number of para-hydroxylation sites is 1. The molecule has 0 saturated carbocycles. The van der Waals surface area contributed by atoms with Crippen LogP contribution < -0.4 is 5.32 Å². The molecule has 1 heterocycles. The van der Waals surface area contributed by atoms with Crippen LogP contribution in [0.5, 0.6) is 0 Å². The summed E-state index contributed by atoms with van der Waals surface area (Å²) < 4.78 is 0. The van der Waals surface area contributed by atoms with Crippen LogP contribution >= 0.6 is 23.2 Å². The topological polar surface area (TPSA) is 68.7 Å². The molecule has 26 heavy (non-hydrogen) atoms. The maximum absolute atomic E-state index is 12.3. The van der Waals surface area contributed by atoms with E-state index in [9.17, 15) is 10.1 Å². The number of rotatable bonds is 5. The van der Waals surface area contributed by atoms with Crippen molar-refractivity contribution in [1.82, 2.24) is 10.3 Å². The van der Waals surface area contributed by atoms with Crippen molar-refractivity contribution in [3.8, 4) is 6.07 Å². The summed E-state index contributed by atoms with van der Waals surface area (Å²) in [6, 6.07) is 14.8. The van der Waals surface area contributed by atoms with Crippen LogP contribution in [0.4, 0.5) is 0 Å². The van der Waals surface area contributed by atoms with Gasteiger partial charge in [-0.3, -0.25) is 4.79 Å². The fraction of sp³-hybridized carbons (Fsp3) is 0.100. The average molecular weight is 384 g/mol. The number of halogens is 2. The Hall–Kier alpha value is -2.74. The van der Waals surface area contributed by atoms with E-state index < -0.39 is 5.91 Å². The highest BCUT2D eigenvalue weighted by atomic mass is 35.5. The lowest BCUT2D eigenvalue weighted by Gasteiger charge is -2.04. The molecular weight excluding hydrogens is 369 g/mol. The van der Waals surface area contributed by atoms with Crippen LogP contribution in [0.2, 0.25) is 10.0 Å². The molecule has 4 nitrogen and oxygen atoms in total. The Balaban J connectivity index is 1.65. The summed E-state index contributed by atoms with van der Waals surface area (Å²) in [7, 11) is 0. The van der Waals surface area contributed by atoms with Gasteiger partial charge in [0.25, 0.3) is 5.91 Å². The standard InChI is InChI=1S/C20H15Cl2N3O/c21-17-6-5-13(10-18(17)22)9-15(11-23)20(26)24-8-7-14-12-25-19-4-2-1-3-16(14)19/h1-6,9-10,12,25H,7-8H2,(H,24,26). The molecule has 0 bridgehead atoms. The maximum atomic E-state index is 12.3. The van der Waals surface area contributed by atoms with Gasteiger partial charge in [-0.1, -0.05) is 47.5 Å². The number of benzene rings is 2. The highest BCUT2D eigenvalue weighted by molar-refractivity contribution is 6.42. The van der Waals surface area contributed by atoms with E-state index in [1.807, 2.05) is 36.5 Å². The maximum Gasteiger partial charge on any atom is 0.261 e. The first-order chi connectivity index (χ1) is 12.6. The van der Waals surface area contributed by atoms with E-state index in [-0.39, 0.29) is 5.57 Å². The average Bonchev–Trinajstić information content (AvgIpc) is 3.06. The molecule has 0 atom stereocenters. The van der Waals surface area contributed by atoms with Crippen molar-refractivity contribution in [1.29, 1.82) is 5.26 Å². The Morgan fingerprint density at radius 3 is 2.77 bits per heavy atom. The van der Waals surface area contributed by atoms with Gasteiger partial charge < -0.3 is 10.3 Å². The number of amides is 1. The molecular formula is C20H15Cl2N3O. The van der Waals surface area contributed by atoms with Crippen LogP contribution in [-0.2, 0) is 11.2 Å². The van der Waals surface area contributed by atoms with Crippen molar-refractivity contribution in [2.45, 2.75) is 6.42 Å². The van der Waals surface area contributed by atoms with E-state index in [1.165, 1.54) is 6.08 Å². The number of nitrogens with zero attached hydrogens (tertiary/aromatic N) is 1. The van der Waals surface area contributed by atoms with Gasteiger partial charge in [-0.2, -0.15) is 5.26 Å². The summed E-state index contributed by atoms with van der Waals surface area (Å²) >= 11 is 11.8. The predicted octanol–water partition coefficient (Wildman–Crippen LogP) is 4.74. The Kier molecular flexibility index (Phi) is 5.62. The van der Waals surface area contributed by atoms with Gasteiger partial charge in [0.1, 0.15) is 11.6 Å². The van der Waals surface area contributed by atoms with E-state index in [0.29, 0.717) is 28.6 Å². The Morgan fingerprint density at radius 2 is 2.00 bits per heavy atom. The normalized spacial score (nSPS) is 11.3. The number of aromatic amines is 1. The second kappa shape index (κ2) is 8.09. The number of carbonyl (C=O) groups is 1. The van der Waals surface area contributed by atoms with E-state index in [2.05, 4.69) is 10.3 Å². The van der Waals surface area contributed by atoms with E-state index in [0.717, 1.165) is 16.5 Å². The SMILES string of the molecule is N#CC(=Cc1ccc(Cl)c(Cl)c1)C(=O)NCCc1c[nH]c2ccccc12. The Labute approximate surface area is 161 Å². The fourth-order valence-corrected chi connectivity index (χ4v) is 2.97. The van der Waals surface area contributed by atoms with E-state index >= 15 is 0 Å². The zero-order chi connectivity index (χ0) is 18.5. The first-order valence-electron chi connectivity index (χ1n) is 7.98. The van der Waals surface area contributed by atoms with Crippen molar-refractivity contribution in [3.63, 3.8) is 0 Å². The zero-order valence-corrected chi connectivity index (χ0v) is 15.2. The minimum absolute atomic E-state index is 0.0160. The first kappa shape index (κ1) is 18.1. The summed E-state index contributed by atoms with van der Waals surface area (Å²) in [5.41, 5.74) is 2.84. The molecule has 2 aromatic carbocycles. The van der Waals surface area contributed by atoms with Gasteiger partial charge in [-0.15, -0.1) is 0 Å². The van der Waals surface area contributed by atoms with Gasteiger partial charge in [0.05, 0.1) is 10.0 Å². The Bertz CT molecular complexity index is 1030. The molecule has 1 aromatic heterocycles. The molecule has 0 fully saturated rings. The van der Waals surface area contributed by atoms with E-state index in [1.54, 1.807) is 18.2 Å². The molecule has 0 saturated heterocycles. The van der Waals surface area contributed by atoms with Gasteiger partial charge >= 0.3 is 0 Å². The molecule has 0 aliphatic rings. The molecule has 6 heteroatoms. The van der Waals surface area contributed by atoms with Crippen LogP contribution in [0, 0.1) is 11.3 Å². The van der Waals surface area contributed by atoms with Crippen LogP contribution in [-0.4, -0.2) is 17.4 Å². The molecule has 2 N–H and O–H groups in total. The lowest BCUT2D eigenvalue weighted by atomic mass is 10.1. The minimum atomic E-state index is -0.418. The highest BCUT2D eigenvalue weighted by Gasteiger charge is 2.10. The summed E-state index contributed by atoms with van der Waals surface area (Å²) in [5.74, 6) is -0.418. The number of nitriles is 1. The van der Waals surface area contributed by atoms with Crippen LogP contribution in [0.15, 0.2) is 54.2 Å². The second-order valence-electron chi connectivity index (χ2n) is 5.71. The molecule has 3 aromatic rings. The van der Waals surface area contributed by atoms with Crippen molar-refractivity contribution in [2.75, 3.05) is 6.54 Å². The highest BCUT2D eigenvalue weighted by Crippen LogP contribution is 2.23. The lowest BCUT2D eigenvalue weighted by Crippen LogP contribution is -2.26. The number of hydrogen-bond acceptors (Lipinski definition) is 2. The molecule has 0 unspecified atom stereocenters. The second-order valence-corrected chi connectivity index (χ2v) is 6.52. The summed E-state index contributed by atoms with van der Waals surface area (Å²) in [6.45, 7) is 0.432. The molecule has 0 spiro atoms. The molecule has 0 aliphatic carbocycles. The number of hydrogen-bond donors (Lipinski definition) is 2. The lowest BCUT2D eigenvalue weighted by molar-refractivity contribution is -0.117. The van der Waals surface area contributed by atoms with Crippen LogP contribution in [0.3, 0.4) is 0 Å². The number of nitrogens with one attached hydrogen (secondary N) is 2. The first-order valence-corrected chi connectivity index (χ1v) is 8.74. The Morgan fingerprint density at radius 1 is 1.19 bits per heavy atom. The number of fused-ring (bicyclic) bond motifs is 1. The zero-order valence-electron chi connectivity index (χ0n) is 13.7. The van der Waals surface area contributed by atoms with Crippen molar-refractivity contribution in [2.24, 2.45) is 0 Å². The molecule has 130 valence electrons. The van der Waals surface area contributed by atoms with Gasteiger partial charge in [0, 0.05) is 23.6 Å².